The number of benzene rings is 2. The Morgan fingerprint density at radius 3 is 2.75 bits per heavy atom. The maximum absolute atomic E-state index is 12.9. The van der Waals surface area contributed by atoms with E-state index in [0.717, 1.165) is 54.9 Å². The van der Waals surface area contributed by atoms with Crippen molar-refractivity contribution in [2.75, 3.05) is 25.5 Å². The summed E-state index contributed by atoms with van der Waals surface area (Å²) >= 11 is 0. The van der Waals surface area contributed by atoms with E-state index >= 15 is 0 Å². The summed E-state index contributed by atoms with van der Waals surface area (Å²) in [7, 11) is 2.14. The third-order valence-corrected chi connectivity index (χ3v) is 7.26. The molecule has 6 heteroatoms. The van der Waals surface area contributed by atoms with Gasteiger partial charge in [0.05, 0.1) is 6.04 Å². The van der Waals surface area contributed by atoms with Crippen LogP contribution in [0.25, 0.3) is 0 Å². The zero-order valence-corrected chi connectivity index (χ0v) is 18.6. The highest BCUT2D eigenvalue weighted by Gasteiger charge is 2.43. The Morgan fingerprint density at radius 1 is 1.16 bits per heavy atom. The van der Waals surface area contributed by atoms with Gasteiger partial charge < -0.3 is 20.3 Å². The van der Waals surface area contributed by atoms with Crippen LogP contribution in [0.3, 0.4) is 0 Å². The molecule has 5 rings (SSSR count). The van der Waals surface area contributed by atoms with E-state index in [-0.39, 0.29) is 29.4 Å². The number of nitrogens with one attached hydrogen (secondary N) is 2. The fraction of sp³-hybridized carbons (Fsp3) is 0.462. The monoisotopic (exact) mass is 433 g/mol. The fourth-order valence-corrected chi connectivity index (χ4v) is 5.30. The van der Waals surface area contributed by atoms with E-state index in [0.29, 0.717) is 19.3 Å². The summed E-state index contributed by atoms with van der Waals surface area (Å²) in [4.78, 5) is 27.8. The van der Waals surface area contributed by atoms with Crippen molar-refractivity contribution in [2.45, 2.75) is 50.2 Å². The standard InChI is InChI=1S/C26H31N3O3/c1-29-14-12-26(13-15-29)17-22(20-7-3-5-9-23(20)32-26)27-24(30)11-10-19-16-18-6-2-4-8-21(18)28-25(19)31/h2-9,19,22H,10-17H2,1H3,(H,27,30)(H,28,31)/t19-,22+/m1/s1. The molecule has 3 heterocycles. The summed E-state index contributed by atoms with van der Waals surface area (Å²) < 4.78 is 6.49. The molecule has 0 bridgehead atoms. The first-order chi connectivity index (χ1) is 15.5. The molecule has 0 saturated carbocycles. The number of carbonyl (C=O) groups excluding carboxylic acids is 2. The average molecular weight is 434 g/mol. The van der Waals surface area contributed by atoms with Gasteiger partial charge in [0.1, 0.15) is 11.4 Å². The molecule has 0 aliphatic carbocycles. The molecule has 3 aliphatic heterocycles. The number of likely N-dealkylation sites (tertiary alicyclic amines) is 1. The molecule has 1 fully saturated rings. The van der Waals surface area contributed by atoms with Crippen molar-refractivity contribution in [1.29, 1.82) is 0 Å². The van der Waals surface area contributed by atoms with Gasteiger partial charge in [-0.25, -0.2) is 0 Å². The molecule has 0 aromatic heterocycles. The summed E-state index contributed by atoms with van der Waals surface area (Å²) in [6.07, 6.45) is 4.30. The fourth-order valence-electron chi connectivity index (χ4n) is 5.30. The van der Waals surface area contributed by atoms with E-state index in [1.54, 1.807) is 0 Å². The zero-order valence-electron chi connectivity index (χ0n) is 18.6. The molecule has 6 nitrogen and oxygen atoms in total. The van der Waals surface area contributed by atoms with Crippen molar-refractivity contribution >= 4 is 17.5 Å². The van der Waals surface area contributed by atoms with Gasteiger partial charge in [0.2, 0.25) is 11.8 Å². The van der Waals surface area contributed by atoms with Crippen LogP contribution < -0.4 is 15.4 Å². The highest BCUT2D eigenvalue weighted by molar-refractivity contribution is 5.96. The Labute approximate surface area is 189 Å². The largest absolute Gasteiger partial charge is 0.487 e. The number of rotatable bonds is 4. The minimum absolute atomic E-state index is 0.00133. The molecule has 2 atom stereocenters. The minimum Gasteiger partial charge on any atom is -0.487 e. The molecule has 1 spiro atoms. The lowest BCUT2D eigenvalue weighted by Crippen LogP contribution is -2.51. The third kappa shape index (κ3) is 4.24. The lowest BCUT2D eigenvalue weighted by molar-refractivity contribution is -0.124. The summed E-state index contributed by atoms with van der Waals surface area (Å²) in [6, 6.07) is 15.9. The Morgan fingerprint density at radius 2 is 1.91 bits per heavy atom. The number of nitrogens with zero attached hydrogens (tertiary/aromatic N) is 1. The zero-order chi connectivity index (χ0) is 22.1. The SMILES string of the molecule is CN1CCC2(CC1)C[C@H](NC(=O)CC[C@@H]1Cc3ccccc3NC1=O)c1ccccc1O2. The molecule has 0 radical (unpaired) electrons. The van der Waals surface area contributed by atoms with Gasteiger partial charge in [-0.2, -0.15) is 0 Å². The second-order valence-electron chi connectivity index (χ2n) is 9.54. The van der Waals surface area contributed by atoms with Gasteiger partial charge in [0.25, 0.3) is 0 Å². The van der Waals surface area contributed by atoms with Crippen molar-refractivity contribution in [1.82, 2.24) is 10.2 Å². The van der Waals surface area contributed by atoms with E-state index < -0.39 is 0 Å². The molecule has 1 saturated heterocycles. The maximum atomic E-state index is 12.9. The average Bonchev–Trinajstić information content (AvgIpc) is 2.80. The molecular formula is C26H31N3O3. The van der Waals surface area contributed by atoms with Crippen molar-refractivity contribution in [3.8, 4) is 5.75 Å². The number of para-hydroxylation sites is 2. The number of hydrogen-bond donors (Lipinski definition) is 2. The summed E-state index contributed by atoms with van der Waals surface area (Å²) in [5.74, 6) is 0.731. The van der Waals surface area contributed by atoms with Crippen LogP contribution in [0.5, 0.6) is 5.75 Å². The third-order valence-electron chi connectivity index (χ3n) is 7.26. The first-order valence-corrected chi connectivity index (χ1v) is 11.7. The molecule has 2 aromatic rings. The van der Waals surface area contributed by atoms with Crippen LogP contribution in [-0.2, 0) is 16.0 Å². The van der Waals surface area contributed by atoms with Crippen LogP contribution in [-0.4, -0.2) is 42.5 Å². The van der Waals surface area contributed by atoms with Crippen LogP contribution in [0.4, 0.5) is 5.69 Å². The van der Waals surface area contributed by atoms with Crippen molar-refractivity contribution < 1.29 is 14.3 Å². The molecule has 0 unspecified atom stereocenters. The quantitative estimate of drug-likeness (QED) is 0.772. The number of hydrogen-bond acceptors (Lipinski definition) is 4. The highest BCUT2D eigenvalue weighted by atomic mass is 16.5. The smallest absolute Gasteiger partial charge is 0.227 e. The summed E-state index contributed by atoms with van der Waals surface area (Å²) in [6.45, 7) is 2.00. The van der Waals surface area contributed by atoms with Gasteiger partial charge in [-0.1, -0.05) is 36.4 Å². The number of carbonyl (C=O) groups is 2. The number of anilines is 1. The predicted molar refractivity (Wildman–Crippen MR) is 124 cm³/mol. The molecule has 2 N–H and O–H groups in total. The van der Waals surface area contributed by atoms with Crippen LogP contribution in [0.1, 0.15) is 49.3 Å². The van der Waals surface area contributed by atoms with Crippen molar-refractivity contribution in [3.63, 3.8) is 0 Å². The summed E-state index contributed by atoms with van der Waals surface area (Å²) in [5, 5.41) is 6.25. The van der Waals surface area contributed by atoms with Crippen LogP contribution in [0.15, 0.2) is 48.5 Å². The van der Waals surface area contributed by atoms with E-state index in [4.69, 9.17) is 4.74 Å². The maximum Gasteiger partial charge on any atom is 0.227 e. The highest BCUT2D eigenvalue weighted by Crippen LogP contribution is 2.44. The normalized spacial score (nSPS) is 24.1. The van der Waals surface area contributed by atoms with Crippen LogP contribution in [0, 0.1) is 5.92 Å². The molecule has 32 heavy (non-hydrogen) atoms. The van der Waals surface area contributed by atoms with E-state index in [9.17, 15) is 9.59 Å². The second-order valence-corrected chi connectivity index (χ2v) is 9.54. The van der Waals surface area contributed by atoms with E-state index in [1.165, 1.54) is 0 Å². The lowest BCUT2D eigenvalue weighted by atomic mass is 9.80. The number of ether oxygens (including phenoxy) is 1. The summed E-state index contributed by atoms with van der Waals surface area (Å²) in [5.41, 5.74) is 2.86. The Bertz CT molecular complexity index is 1010. The Hall–Kier alpha value is -2.86. The van der Waals surface area contributed by atoms with Crippen LogP contribution in [0.2, 0.25) is 0 Å². The van der Waals surface area contributed by atoms with Gasteiger partial charge >= 0.3 is 0 Å². The predicted octanol–water partition coefficient (Wildman–Crippen LogP) is 3.68. The Balaban J connectivity index is 1.24. The molecule has 2 aromatic carbocycles. The minimum atomic E-state index is -0.216. The molecule has 2 amide bonds. The van der Waals surface area contributed by atoms with Gasteiger partial charge in [-0.3, -0.25) is 9.59 Å². The number of fused-ring (bicyclic) bond motifs is 2. The number of amides is 2. The van der Waals surface area contributed by atoms with Gasteiger partial charge in [-0.15, -0.1) is 0 Å². The molecular weight excluding hydrogens is 402 g/mol. The first-order valence-electron chi connectivity index (χ1n) is 11.7. The number of piperidine rings is 1. The molecule has 168 valence electrons. The molecule has 3 aliphatic rings. The van der Waals surface area contributed by atoms with Crippen LogP contribution >= 0.6 is 0 Å². The van der Waals surface area contributed by atoms with Gasteiger partial charge in [0, 0.05) is 43.1 Å². The van der Waals surface area contributed by atoms with Crippen molar-refractivity contribution in [2.24, 2.45) is 5.92 Å². The van der Waals surface area contributed by atoms with E-state index in [2.05, 4.69) is 22.6 Å². The second kappa shape index (κ2) is 8.58. The topological polar surface area (TPSA) is 70.7 Å². The van der Waals surface area contributed by atoms with E-state index in [1.807, 2.05) is 48.5 Å². The lowest BCUT2D eigenvalue weighted by Gasteiger charge is -2.46. The van der Waals surface area contributed by atoms with Gasteiger partial charge in [-0.05, 0) is 50.4 Å². The van der Waals surface area contributed by atoms with Gasteiger partial charge in [0.15, 0.2) is 0 Å². The Kier molecular flexibility index (Phi) is 5.64. The first kappa shape index (κ1) is 21.0. The van der Waals surface area contributed by atoms with Crippen molar-refractivity contribution in [3.05, 3.63) is 59.7 Å².